The van der Waals surface area contributed by atoms with Crippen molar-refractivity contribution < 1.29 is 14.3 Å². The number of carbonyl (C=O) groups excluding carboxylic acids is 1. The Morgan fingerprint density at radius 3 is 3.04 bits per heavy atom. The van der Waals surface area contributed by atoms with Gasteiger partial charge in [-0.15, -0.1) is 0 Å². The van der Waals surface area contributed by atoms with Gasteiger partial charge in [-0.2, -0.15) is 5.10 Å². The number of hydrogen-bond donors (Lipinski definition) is 1. The lowest BCUT2D eigenvalue weighted by atomic mass is 9.97. The molecule has 2 aliphatic heterocycles. The predicted octanol–water partition coefficient (Wildman–Crippen LogP) is 2.32. The van der Waals surface area contributed by atoms with Gasteiger partial charge in [0.05, 0.1) is 24.4 Å². The summed E-state index contributed by atoms with van der Waals surface area (Å²) in [4.78, 5) is 12.6. The molecular weight excluding hydrogens is 294 g/mol. The third kappa shape index (κ3) is 3.58. The van der Waals surface area contributed by atoms with Crippen LogP contribution in [0, 0.1) is 0 Å². The van der Waals surface area contributed by atoms with Crippen molar-refractivity contribution in [1.82, 2.24) is 15.1 Å². The van der Waals surface area contributed by atoms with E-state index in [2.05, 4.69) is 17.3 Å². The first-order valence-corrected chi connectivity index (χ1v) is 8.46. The highest BCUT2D eigenvalue weighted by Gasteiger charge is 2.31. The Kier molecular flexibility index (Phi) is 5.00. The van der Waals surface area contributed by atoms with Crippen LogP contribution in [0.2, 0.25) is 0 Å². The standard InChI is InChI=1S/C17H25N3O3/c1-3-20-11-13(10-18-20)16-15(7-5-9-23-16)19-17(21)14-6-4-8-22-12(14)2/h10-11,15-16H,3-9H2,1-2H3,(H,19,21)/t15-,16+/m0/s1. The van der Waals surface area contributed by atoms with Crippen LogP contribution < -0.4 is 5.32 Å². The Morgan fingerprint density at radius 2 is 2.30 bits per heavy atom. The summed E-state index contributed by atoms with van der Waals surface area (Å²) >= 11 is 0. The molecule has 1 N–H and O–H groups in total. The minimum absolute atomic E-state index is 0.0204. The van der Waals surface area contributed by atoms with Crippen molar-refractivity contribution in [2.45, 2.75) is 58.2 Å². The number of hydrogen-bond acceptors (Lipinski definition) is 4. The quantitative estimate of drug-likeness (QED) is 0.925. The van der Waals surface area contributed by atoms with Crippen LogP contribution in [0.15, 0.2) is 23.7 Å². The summed E-state index contributed by atoms with van der Waals surface area (Å²) in [6.07, 6.45) is 7.27. The second kappa shape index (κ2) is 7.17. The Balaban J connectivity index is 1.72. The zero-order valence-electron chi connectivity index (χ0n) is 13.9. The van der Waals surface area contributed by atoms with Crippen molar-refractivity contribution in [2.75, 3.05) is 13.2 Å². The number of nitrogens with zero attached hydrogens (tertiary/aromatic N) is 2. The summed E-state index contributed by atoms with van der Waals surface area (Å²) in [5.41, 5.74) is 1.80. The highest BCUT2D eigenvalue weighted by atomic mass is 16.5. The molecule has 0 saturated carbocycles. The first-order chi connectivity index (χ1) is 11.2. The Hall–Kier alpha value is -1.82. The molecule has 2 atom stereocenters. The van der Waals surface area contributed by atoms with Gasteiger partial charge in [0.1, 0.15) is 11.9 Å². The van der Waals surface area contributed by atoms with Gasteiger partial charge in [0, 0.05) is 24.9 Å². The smallest absolute Gasteiger partial charge is 0.250 e. The molecule has 0 spiro atoms. The van der Waals surface area contributed by atoms with Crippen molar-refractivity contribution in [3.05, 3.63) is 29.3 Å². The number of allylic oxidation sites excluding steroid dienone is 1. The molecular formula is C17H25N3O3. The first kappa shape index (κ1) is 16.1. The summed E-state index contributed by atoms with van der Waals surface area (Å²) < 4.78 is 13.3. The van der Waals surface area contributed by atoms with E-state index >= 15 is 0 Å². The van der Waals surface area contributed by atoms with E-state index in [0.717, 1.165) is 55.7 Å². The van der Waals surface area contributed by atoms with Crippen LogP contribution in [0.1, 0.15) is 51.2 Å². The Labute approximate surface area is 136 Å². The average Bonchev–Trinajstić information content (AvgIpc) is 3.04. The number of nitrogens with one attached hydrogen (secondary N) is 1. The fourth-order valence-corrected chi connectivity index (χ4v) is 3.22. The van der Waals surface area contributed by atoms with E-state index < -0.39 is 0 Å². The zero-order chi connectivity index (χ0) is 16.2. The summed E-state index contributed by atoms with van der Waals surface area (Å²) in [5.74, 6) is 0.728. The van der Waals surface area contributed by atoms with Crippen LogP contribution in [-0.4, -0.2) is 34.9 Å². The molecule has 1 saturated heterocycles. The molecule has 3 heterocycles. The van der Waals surface area contributed by atoms with E-state index in [1.165, 1.54) is 0 Å². The SMILES string of the molecule is CCn1cc([C@H]2OCCC[C@@H]2NC(=O)C2=C(C)OCCC2)cn1. The topological polar surface area (TPSA) is 65.4 Å². The average molecular weight is 319 g/mol. The lowest BCUT2D eigenvalue weighted by molar-refractivity contribution is -0.121. The predicted molar refractivity (Wildman–Crippen MR) is 85.6 cm³/mol. The van der Waals surface area contributed by atoms with Crippen molar-refractivity contribution >= 4 is 5.91 Å². The van der Waals surface area contributed by atoms with Crippen LogP contribution in [-0.2, 0) is 20.8 Å². The molecule has 6 heteroatoms. The molecule has 1 aromatic rings. The highest BCUT2D eigenvalue weighted by molar-refractivity contribution is 5.94. The highest BCUT2D eigenvalue weighted by Crippen LogP contribution is 2.29. The van der Waals surface area contributed by atoms with Crippen LogP contribution in [0.25, 0.3) is 0 Å². The summed E-state index contributed by atoms with van der Waals surface area (Å²) in [7, 11) is 0. The fourth-order valence-electron chi connectivity index (χ4n) is 3.22. The number of amides is 1. The first-order valence-electron chi connectivity index (χ1n) is 8.46. The van der Waals surface area contributed by atoms with E-state index in [0.29, 0.717) is 6.61 Å². The third-order valence-electron chi connectivity index (χ3n) is 4.53. The second-order valence-electron chi connectivity index (χ2n) is 6.13. The van der Waals surface area contributed by atoms with Gasteiger partial charge in [-0.25, -0.2) is 0 Å². The van der Waals surface area contributed by atoms with Gasteiger partial charge in [0.2, 0.25) is 0 Å². The maximum Gasteiger partial charge on any atom is 0.250 e. The number of aromatic nitrogens is 2. The van der Waals surface area contributed by atoms with Crippen molar-refractivity contribution in [3.63, 3.8) is 0 Å². The Bertz CT molecular complexity index is 594. The molecule has 2 aliphatic rings. The van der Waals surface area contributed by atoms with Gasteiger partial charge in [0.25, 0.3) is 5.91 Å². The van der Waals surface area contributed by atoms with E-state index in [-0.39, 0.29) is 18.1 Å². The number of aryl methyl sites for hydroxylation is 1. The van der Waals surface area contributed by atoms with Crippen molar-refractivity contribution in [1.29, 1.82) is 0 Å². The monoisotopic (exact) mass is 319 g/mol. The molecule has 0 radical (unpaired) electrons. The van der Waals surface area contributed by atoms with Crippen LogP contribution >= 0.6 is 0 Å². The molecule has 1 amide bonds. The molecule has 126 valence electrons. The van der Waals surface area contributed by atoms with Crippen LogP contribution in [0.4, 0.5) is 0 Å². The maximum atomic E-state index is 12.6. The molecule has 3 rings (SSSR count). The lowest BCUT2D eigenvalue weighted by Crippen LogP contribution is -2.43. The van der Waals surface area contributed by atoms with E-state index in [1.807, 2.05) is 24.0 Å². The molecule has 0 aromatic carbocycles. The van der Waals surface area contributed by atoms with Gasteiger partial charge >= 0.3 is 0 Å². The lowest BCUT2D eigenvalue weighted by Gasteiger charge is -2.32. The van der Waals surface area contributed by atoms with Crippen LogP contribution in [0.5, 0.6) is 0 Å². The molecule has 23 heavy (non-hydrogen) atoms. The van der Waals surface area contributed by atoms with E-state index in [9.17, 15) is 4.79 Å². The Morgan fingerprint density at radius 1 is 1.43 bits per heavy atom. The van der Waals surface area contributed by atoms with Gasteiger partial charge in [-0.1, -0.05) is 0 Å². The molecule has 6 nitrogen and oxygen atoms in total. The minimum atomic E-state index is -0.126. The molecule has 0 bridgehead atoms. The normalized spacial score (nSPS) is 25.1. The van der Waals surface area contributed by atoms with Gasteiger partial charge in [0.15, 0.2) is 0 Å². The maximum absolute atomic E-state index is 12.6. The fraction of sp³-hybridized carbons (Fsp3) is 0.647. The molecule has 1 fully saturated rings. The largest absolute Gasteiger partial charge is 0.498 e. The van der Waals surface area contributed by atoms with E-state index in [1.54, 1.807) is 0 Å². The van der Waals surface area contributed by atoms with Gasteiger partial charge in [-0.3, -0.25) is 9.48 Å². The molecule has 1 aromatic heterocycles. The summed E-state index contributed by atoms with van der Waals surface area (Å²) in [6, 6.07) is -0.0204. The minimum Gasteiger partial charge on any atom is -0.498 e. The molecule has 0 aliphatic carbocycles. The number of ether oxygens (including phenoxy) is 2. The van der Waals surface area contributed by atoms with Crippen molar-refractivity contribution in [3.8, 4) is 0 Å². The summed E-state index contributed by atoms with van der Waals surface area (Å²) in [5, 5.41) is 7.48. The number of rotatable bonds is 4. The van der Waals surface area contributed by atoms with Crippen LogP contribution in [0.3, 0.4) is 0 Å². The second-order valence-corrected chi connectivity index (χ2v) is 6.13. The van der Waals surface area contributed by atoms with Crippen molar-refractivity contribution in [2.24, 2.45) is 0 Å². The van der Waals surface area contributed by atoms with Gasteiger partial charge in [-0.05, 0) is 39.5 Å². The number of carbonyl (C=O) groups is 1. The third-order valence-corrected chi connectivity index (χ3v) is 4.53. The summed E-state index contributed by atoms with van der Waals surface area (Å²) in [6.45, 7) is 6.17. The van der Waals surface area contributed by atoms with Gasteiger partial charge < -0.3 is 14.8 Å². The molecule has 0 unspecified atom stereocenters. The zero-order valence-corrected chi connectivity index (χ0v) is 13.9. The van der Waals surface area contributed by atoms with E-state index in [4.69, 9.17) is 9.47 Å².